The van der Waals surface area contributed by atoms with Crippen molar-refractivity contribution in [2.75, 3.05) is 53.2 Å². The zero-order valence-electron chi connectivity index (χ0n) is 15.7. The van der Waals surface area contributed by atoms with Crippen molar-refractivity contribution in [2.24, 2.45) is 0 Å². The third kappa shape index (κ3) is 9.27. The van der Waals surface area contributed by atoms with Crippen LogP contribution in [0.5, 0.6) is 0 Å². The predicted molar refractivity (Wildman–Crippen MR) is 94.6 cm³/mol. The van der Waals surface area contributed by atoms with Gasteiger partial charge in [-0.15, -0.1) is 0 Å². The summed E-state index contributed by atoms with van der Waals surface area (Å²) >= 11 is 0. The molecule has 0 aromatic carbocycles. The van der Waals surface area contributed by atoms with Crippen LogP contribution in [0.25, 0.3) is 0 Å². The first-order valence-corrected chi connectivity index (χ1v) is 8.68. The fourth-order valence-corrected chi connectivity index (χ4v) is 2.31. The molecule has 0 fully saturated rings. The molecule has 2 N–H and O–H groups in total. The van der Waals surface area contributed by atoms with Crippen molar-refractivity contribution in [3.8, 4) is 0 Å². The van der Waals surface area contributed by atoms with Gasteiger partial charge in [-0.25, -0.2) is 0 Å². The van der Waals surface area contributed by atoms with Gasteiger partial charge in [-0.05, 0) is 6.92 Å². The van der Waals surface area contributed by atoms with Crippen LogP contribution in [-0.2, 0) is 33.4 Å². The molecule has 0 spiro atoms. The van der Waals surface area contributed by atoms with Gasteiger partial charge in [0.05, 0.1) is 26.4 Å². The minimum Gasteiger partial charge on any atom is -0.377 e. The number of carbonyl (C=O) groups excluding carboxylic acids is 4. The van der Waals surface area contributed by atoms with Crippen molar-refractivity contribution in [1.29, 1.82) is 0 Å². The lowest BCUT2D eigenvalue weighted by molar-refractivity contribution is -0.139. The number of ether oxygens (including phenoxy) is 3. The van der Waals surface area contributed by atoms with Crippen LogP contribution in [0.3, 0.4) is 0 Å². The van der Waals surface area contributed by atoms with Gasteiger partial charge >= 0.3 is 0 Å². The molecule has 10 nitrogen and oxygen atoms in total. The average Bonchev–Trinajstić information content (AvgIpc) is 2.95. The van der Waals surface area contributed by atoms with Crippen molar-refractivity contribution in [3.63, 3.8) is 0 Å². The number of nitrogens with zero attached hydrogens (tertiary/aromatic N) is 1. The summed E-state index contributed by atoms with van der Waals surface area (Å²) in [4.78, 5) is 47.0. The van der Waals surface area contributed by atoms with Crippen LogP contribution in [-0.4, -0.2) is 87.8 Å². The maximum Gasteiger partial charge on any atom is 0.253 e. The molecular weight excluding hydrogens is 358 g/mol. The second-order valence-electron chi connectivity index (χ2n) is 5.79. The van der Waals surface area contributed by atoms with Gasteiger partial charge in [-0.3, -0.25) is 24.1 Å². The highest BCUT2D eigenvalue weighted by Crippen LogP contribution is 2.11. The van der Waals surface area contributed by atoms with Crippen molar-refractivity contribution in [3.05, 3.63) is 12.2 Å². The first-order valence-electron chi connectivity index (χ1n) is 8.68. The molecule has 0 saturated carbocycles. The van der Waals surface area contributed by atoms with E-state index in [0.29, 0.717) is 39.5 Å². The molecule has 27 heavy (non-hydrogen) atoms. The van der Waals surface area contributed by atoms with Crippen LogP contribution in [0.4, 0.5) is 0 Å². The Hall–Kier alpha value is -2.30. The number of nitrogens with one attached hydrogen (secondary N) is 2. The number of methoxy groups -OCH3 is 1. The summed E-state index contributed by atoms with van der Waals surface area (Å²) < 4.78 is 15.3. The van der Waals surface area contributed by atoms with Crippen molar-refractivity contribution < 1.29 is 33.4 Å². The Labute approximate surface area is 158 Å². The molecule has 1 unspecified atom stereocenters. The van der Waals surface area contributed by atoms with E-state index >= 15 is 0 Å². The molecule has 0 radical (unpaired) electrons. The fraction of sp³-hybridized carbons (Fsp3) is 0.647. The number of hydrogen-bond donors (Lipinski definition) is 2. The molecule has 0 aliphatic carbocycles. The maximum absolute atomic E-state index is 11.8. The molecular formula is C17H27N3O7. The second-order valence-corrected chi connectivity index (χ2v) is 5.79. The molecule has 1 heterocycles. The van der Waals surface area contributed by atoms with Gasteiger partial charge < -0.3 is 24.8 Å². The lowest BCUT2D eigenvalue weighted by Gasteiger charge is -2.21. The molecule has 0 bridgehead atoms. The Morgan fingerprint density at radius 3 is 2.00 bits per heavy atom. The number of imide groups is 1. The summed E-state index contributed by atoms with van der Waals surface area (Å²) in [5.41, 5.74) is 0. The first kappa shape index (κ1) is 22.7. The fourth-order valence-electron chi connectivity index (χ4n) is 2.31. The highest BCUT2D eigenvalue weighted by atomic mass is 16.5. The summed E-state index contributed by atoms with van der Waals surface area (Å²) in [6.07, 6.45) is 2.43. The minimum atomic E-state index is -0.501. The van der Waals surface area contributed by atoms with Crippen LogP contribution in [0, 0.1) is 0 Å². The predicted octanol–water partition coefficient (Wildman–Crippen LogP) is -1.40. The summed E-state index contributed by atoms with van der Waals surface area (Å²) in [5.74, 6) is -1.26. The molecule has 1 atom stereocenters. The maximum atomic E-state index is 11.8. The Morgan fingerprint density at radius 1 is 0.963 bits per heavy atom. The molecule has 1 aliphatic rings. The van der Waals surface area contributed by atoms with Crippen LogP contribution < -0.4 is 10.6 Å². The third-order valence-electron chi connectivity index (χ3n) is 3.55. The Balaban J connectivity index is 1.96. The molecule has 1 aliphatic heterocycles. The highest BCUT2D eigenvalue weighted by molar-refractivity contribution is 6.13. The molecule has 1 rings (SSSR count). The van der Waals surface area contributed by atoms with E-state index in [1.165, 1.54) is 19.3 Å². The molecule has 152 valence electrons. The van der Waals surface area contributed by atoms with E-state index in [-0.39, 0.29) is 24.8 Å². The summed E-state index contributed by atoms with van der Waals surface area (Å²) in [6.45, 7) is 3.81. The summed E-state index contributed by atoms with van der Waals surface area (Å²) in [6, 6.07) is -0.501. The normalized spacial score (nSPS) is 14.5. The monoisotopic (exact) mass is 385 g/mol. The Bertz CT molecular complexity index is 533. The van der Waals surface area contributed by atoms with Crippen LogP contribution in [0.2, 0.25) is 0 Å². The van der Waals surface area contributed by atoms with Crippen LogP contribution in [0.15, 0.2) is 12.2 Å². The Morgan fingerprint density at radius 2 is 1.48 bits per heavy atom. The van der Waals surface area contributed by atoms with Gasteiger partial charge in [0.2, 0.25) is 11.8 Å². The standard InChI is InChI=1S/C17H27N3O7/c1-13(20-16(23)3-4-17(20)24)11-14(21)18-5-7-26-9-10-27-8-6-19-15(22)12-25-2/h3-4,13H,5-12H2,1-2H3,(H,18,21)(H,19,22). The number of rotatable bonds is 14. The van der Waals surface area contributed by atoms with Gasteiger partial charge in [-0.2, -0.15) is 0 Å². The van der Waals surface area contributed by atoms with Crippen molar-refractivity contribution in [1.82, 2.24) is 15.5 Å². The Kier molecular flexibility index (Phi) is 10.9. The first-order chi connectivity index (χ1) is 13.0. The van der Waals surface area contributed by atoms with E-state index in [2.05, 4.69) is 15.4 Å². The van der Waals surface area contributed by atoms with Gasteiger partial charge in [0.25, 0.3) is 11.8 Å². The summed E-state index contributed by atoms with van der Waals surface area (Å²) in [5, 5.41) is 5.29. The SMILES string of the molecule is COCC(=O)NCCOCCOCCNC(=O)CC(C)N1C(=O)C=CC1=O. The average molecular weight is 385 g/mol. The minimum absolute atomic E-state index is 0.0230. The molecule has 4 amide bonds. The van der Waals surface area contributed by atoms with Crippen molar-refractivity contribution >= 4 is 23.6 Å². The number of hydrogen-bond acceptors (Lipinski definition) is 7. The van der Waals surface area contributed by atoms with Crippen LogP contribution >= 0.6 is 0 Å². The largest absolute Gasteiger partial charge is 0.377 e. The quantitative estimate of drug-likeness (QED) is 0.278. The molecule has 0 saturated heterocycles. The zero-order valence-corrected chi connectivity index (χ0v) is 15.7. The summed E-state index contributed by atoms with van der Waals surface area (Å²) in [7, 11) is 1.45. The van der Waals surface area contributed by atoms with E-state index in [1.54, 1.807) is 6.92 Å². The van der Waals surface area contributed by atoms with Crippen LogP contribution in [0.1, 0.15) is 13.3 Å². The lowest BCUT2D eigenvalue weighted by Crippen LogP contribution is -2.41. The zero-order chi connectivity index (χ0) is 20.1. The smallest absolute Gasteiger partial charge is 0.253 e. The topological polar surface area (TPSA) is 123 Å². The van der Waals surface area contributed by atoms with E-state index in [0.717, 1.165) is 4.90 Å². The van der Waals surface area contributed by atoms with Crippen molar-refractivity contribution in [2.45, 2.75) is 19.4 Å². The van der Waals surface area contributed by atoms with Gasteiger partial charge in [0, 0.05) is 44.8 Å². The molecule has 0 aromatic rings. The highest BCUT2D eigenvalue weighted by Gasteiger charge is 2.29. The van der Waals surface area contributed by atoms with E-state index < -0.39 is 17.9 Å². The number of amides is 4. The number of carbonyl (C=O) groups is 4. The van der Waals surface area contributed by atoms with E-state index in [1.807, 2.05) is 0 Å². The van der Waals surface area contributed by atoms with Gasteiger partial charge in [-0.1, -0.05) is 0 Å². The van der Waals surface area contributed by atoms with E-state index in [9.17, 15) is 19.2 Å². The molecule has 0 aromatic heterocycles. The molecule has 10 heteroatoms. The van der Waals surface area contributed by atoms with E-state index in [4.69, 9.17) is 9.47 Å². The second kappa shape index (κ2) is 13.0. The van der Waals surface area contributed by atoms with Gasteiger partial charge in [0.1, 0.15) is 6.61 Å². The lowest BCUT2D eigenvalue weighted by atomic mass is 10.2. The van der Waals surface area contributed by atoms with Gasteiger partial charge in [0.15, 0.2) is 0 Å². The third-order valence-corrected chi connectivity index (χ3v) is 3.55.